The largest absolute Gasteiger partial charge is 0.385 e. The van der Waals surface area contributed by atoms with E-state index in [1.807, 2.05) is 19.1 Å². The Hall–Kier alpha value is -1.33. The third-order valence-corrected chi connectivity index (χ3v) is 3.73. The van der Waals surface area contributed by atoms with Crippen molar-refractivity contribution in [3.63, 3.8) is 0 Å². The first kappa shape index (κ1) is 11.2. The average Bonchev–Trinajstić information content (AvgIpc) is 2.83. The lowest BCUT2D eigenvalue weighted by Crippen LogP contribution is -2.30. The van der Waals surface area contributed by atoms with E-state index in [2.05, 4.69) is 6.07 Å². The normalized spacial score (nSPS) is 20.3. The van der Waals surface area contributed by atoms with Crippen LogP contribution in [0.4, 0.5) is 0 Å². The molecule has 1 saturated carbocycles. The minimum Gasteiger partial charge on any atom is -0.385 e. The second-order valence-corrected chi connectivity index (χ2v) is 4.82. The van der Waals surface area contributed by atoms with Gasteiger partial charge in [-0.3, -0.25) is 0 Å². The number of rotatable bonds is 2. The minimum absolute atomic E-state index is 0.335. The summed E-state index contributed by atoms with van der Waals surface area (Å²) in [5.74, 6) is 0.335. The number of nitrogens with zero attached hydrogens (tertiary/aromatic N) is 1. The van der Waals surface area contributed by atoms with Gasteiger partial charge >= 0.3 is 0 Å². The van der Waals surface area contributed by atoms with Crippen LogP contribution in [0.15, 0.2) is 24.3 Å². The molecule has 1 unspecified atom stereocenters. The Bertz CT molecular complexity index is 411. The quantitative estimate of drug-likeness (QED) is 0.824. The van der Waals surface area contributed by atoms with E-state index >= 15 is 0 Å². The van der Waals surface area contributed by atoms with Gasteiger partial charge in [-0.2, -0.15) is 5.26 Å². The molecule has 1 fully saturated rings. The van der Waals surface area contributed by atoms with Gasteiger partial charge in [0.1, 0.15) is 0 Å². The maximum Gasteiger partial charge on any atom is 0.0991 e. The zero-order valence-corrected chi connectivity index (χ0v) is 9.61. The van der Waals surface area contributed by atoms with E-state index in [1.165, 1.54) is 12.8 Å². The highest BCUT2D eigenvalue weighted by atomic mass is 16.3. The van der Waals surface area contributed by atoms with Crippen LogP contribution in [-0.4, -0.2) is 5.11 Å². The van der Waals surface area contributed by atoms with Crippen LogP contribution in [0, 0.1) is 17.2 Å². The van der Waals surface area contributed by atoms with E-state index in [0.717, 1.165) is 18.4 Å². The zero-order chi connectivity index (χ0) is 11.6. The average molecular weight is 215 g/mol. The summed E-state index contributed by atoms with van der Waals surface area (Å²) in [4.78, 5) is 0. The van der Waals surface area contributed by atoms with Gasteiger partial charge in [0.15, 0.2) is 0 Å². The lowest BCUT2D eigenvalue weighted by Gasteiger charge is -2.30. The third-order valence-electron chi connectivity index (χ3n) is 3.73. The maximum atomic E-state index is 10.6. The van der Waals surface area contributed by atoms with Gasteiger partial charge in [-0.25, -0.2) is 0 Å². The Labute approximate surface area is 96.5 Å². The Morgan fingerprint density at radius 2 is 2.06 bits per heavy atom. The Balaban J connectivity index is 2.30. The molecule has 2 rings (SSSR count). The van der Waals surface area contributed by atoms with Crippen molar-refractivity contribution in [3.8, 4) is 6.07 Å². The first-order chi connectivity index (χ1) is 7.64. The van der Waals surface area contributed by atoms with Crippen LogP contribution in [0.2, 0.25) is 0 Å². The summed E-state index contributed by atoms with van der Waals surface area (Å²) >= 11 is 0. The van der Waals surface area contributed by atoms with Crippen LogP contribution in [0.1, 0.15) is 43.7 Å². The van der Waals surface area contributed by atoms with Gasteiger partial charge < -0.3 is 5.11 Å². The van der Waals surface area contributed by atoms with Crippen LogP contribution < -0.4 is 0 Å². The summed E-state index contributed by atoms with van der Waals surface area (Å²) in [5.41, 5.74) is 0.706. The van der Waals surface area contributed by atoms with Crippen molar-refractivity contribution in [3.05, 3.63) is 35.4 Å². The fourth-order valence-electron chi connectivity index (χ4n) is 2.63. The Morgan fingerprint density at radius 1 is 1.38 bits per heavy atom. The summed E-state index contributed by atoms with van der Waals surface area (Å²) in [7, 11) is 0. The minimum atomic E-state index is -0.788. The SMILES string of the molecule is CC(O)(c1cccc(C#N)c1)C1CCCC1. The van der Waals surface area contributed by atoms with Gasteiger partial charge in [0.25, 0.3) is 0 Å². The molecule has 0 radical (unpaired) electrons. The second kappa shape index (κ2) is 4.27. The molecule has 0 bridgehead atoms. The molecule has 1 N–H and O–H groups in total. The van der Waals surface area contributed by atoms with Gasteiger partial charge in [0.05, 0.1) is 17.2 Å². The Kier molecular flexibility index (Phi) is 2.98. The molecule has 0 aliphatic heterocycles. The van der Waals surface area contributed by atoms with E-state index in [0.29, 0.717) is 11.5 Å². The van der Waals surface area contributed by atoms with E-state index in [4.69, 9.17) is 5.26 Å². The molecule has 2 nitrogen and oxygen atoms in total. The fraction of sp³-hybridized carbons (Fsp3) is 0.500. The second-order valence-electron chi connectivity index (χ2n) is 4.82. The van der Waals surface area contributed by atoms with Crippen LogP contribution >= 0.6 is 0 Å². The van der Waals surface area contributed by atoms with E-state index in [1.54, 1.807) is 12.1 Å². The lowest BCUT2D eigenvalue weighted by molar-refractivity contribution is -0.00334. The molecule has 2 heteroatoms. The molecule has 1 atom stereocenters. The summed E-state index contributed by atoms with van der Waals surface area (Å²) in [6, 6.07) is 9.46. The van der Waals surface area contributed by atoms with Crippen molar-refractivity contribution in [2.45, 2.75) is 38.2 Å². The van der Waals surface area contributed by atoms with E-state index in [9.17, 15) is 5.11 Å². The number of benzene rings is 1. The van der Waals surface area contributed by atoms with Crippen molar-refractivity contribution in [1.82, 2.24) is 0 Å². The van der Waals surface area contributed by atoms with Gasteiger partial charge in [0, 0.05) is 0 Å². The first-order valence-corrected chi connectivity index (χ1v) is 5.87. The predicted octanol–water partition coefficient (Wildman–Crippen LogP) is 2.96. The van der Waals surface area contributed by atoms with Crippen LogP contribution in [0.5, 0.6) is 0 Å². The smallest absolute Gasteiger partial charge is 0.0991 e. The molecule has 0 heterocycles. The van der Waals surface area contributed by atoms with Crippen molar-refractivity contribution in [1.29, 1.82) is 5.26 Å². The number of hydrogen-bond donors (Lipinski definition) is 1. The highest BCUT2D eigenvalue weighted by molar-refractivity contribution is 5.35. The predicted molar refractivity (Wildman–Crippen MR) is 62.7 cm³/mol. The van der Waals surface area contributed by atoms with Gasteiger partial charge in [-0.05, 0) is 43.4 Å². The number of nitriles is 1. The van der Waals surface area contributed by atoms with Crippen molar-refractivity contribution in [2.24, 2.45) is 5.92 Å². The van der Waals surface area contributed by atoms with Crippen LogP contribution in [-0.2, 0) is 5.60 Å². The fourth-order valence-corrected chi connectivity index (χ4v) is 2.63. The third kappa shape index (κ3) is 1.96. The zero-order valence-electron chi connectivity index (χ0n) is 9.61. The molecule has 1 aliphatic rings. The molecular formula is C14H17NO. The van der Waals surface area contributed by atoms with E-state index in [-0.39, 0.29) is 0 Å². The van der Waals surface area contributed by atoms with Crippen molar-refractivity contribution in [2.75, 3.05) is 0 Å². The molecule has 84 valence electrons. The van der Waals surface area contributed by atoms with E-state index < -0.39 is 5.60 Å². The molecule has 0 aromatic heterocycles. The molecule has 1 aromatic carbocycles. The first-order valence-electron chi connectivity index (χ1n) is 5.87. The summed E-state index contributed by atoms with van der Waals surface area (Å²) in [6.07, 6.45) is 4.59. The molecular weight excluding hydrogens is 198 g/mol. The standard InChI is InChI=1S/C14H17NO/c1-14(16,12-6-2-3-7-12)13-8-4-5-11(9-13)10-15/h4-5,8-9,12,16H,2-3,6-7H2,1H3. The number of hydrogen-bond acceptors (Lipinski definition) is 2. The van der Waals surface area contributed by atoms with Gasteiger partial charge in [0.2, 0.25) is 0 Å². The molecule has 0 amide bonds. The lowest BCUT2D eigenvalue weighted by atomic mass is 9.81. The van der Waals surface area contributed by atoms with Crippen molar-refractivity contribution >= 4 is 0 Å². The molecule has 0 saturated heterocycles. The summed E-state index contributed by atoms with van der Waals surface area (Å²) < 4.78 is 0. The number of aliphatic hydroxyl groups is 1. The summed E-state index contributed by atoms with van der Waals surface area (Å²) in [5, 5.41) is 19.5. The molecule has 1 aliphatic carbocycles. The highest BCUT2D eigenvalue weighted by Crippen LogP contribution is 2.40. The molecule has 1 aromatic rings. The van der Waals surface area contributed by atoms with Crippen molar-refractivity contribution < 1.29 is 5.11 Å². The topological polar surface area (TPSA) is 44.0 Å². The maximum absolute atomic E-state index is 10.6. The highest BCUT2D eigenvalue weighted by Gasteiger charge is 2.35. The van der Waals surface area contributed by atoms with Gasteiger partial charge in [-0.15, -0.1) is 0 Å². The van der Waals surface area contributed by atoms with Crippen LogP contribution in [0.25, 0.3) is 0 Å². The molecule has 16 heavy (non-hydrogen) atoms. The molecule has 0 spiro atoms. The Morgan fingerprint density at radius 3 is 2.69 bits per heavy atom. The van der Waals surface area contributed by atoms with Gasteiger partial charge in [-0.1, -0.05) is 25.0 Å². The monoisotopic (exact) mass is 215 g/mol. The van der Waals surface area contributed by atoms with Crippen LogP contribution in [0.3, 0.4) is 0 Å². The summed E-state index contributed by atoms with van der Waals surface area (Å²) in [6.45, 7) is 1.87.